The van der Waals surface area contributed by atoms with E-state index in [-0.39, 0.29) is 0 Å². The minimum absolute atomic E-state index is 0.300. The van der Waals surface area contributed by atoms with Crippen LogP contribution >= 0.6 is 0 Å². The van der Waals surface area contributed by atoms with Gasteiger partial charge in [0.05, 0.1) is 0 Å². The molecule has 0 aromatic heterocycles. The Labute approximate surface area is 185 Å². The minimum atomic E-state index is -3.97. The van der Waals surface area contributed by atoms with Crippen molar-refractivity contribution in [2.45, 2.75) is 149 Å². The Kier molecular flexibility index (Phi) is 19.3. The second-order valence-corrected chi connectivity index (χ2v) is 9.90. The molecule has 0 saturated heterocycles. The van der Waals surface area contributed by atoms with Crippen molar-refractivity contribution in [1.82, 2.24) is 0 Å². The van der Waals surface area contributed by atoms with E-state index in [1.165, 1.54) is 89.9 Å². The molecule has 0 rings (SSSR count). The average molecular weight is 437 g/mol. The quantitative estimate of drug-likeness (QED) is 0.153. The van der Waals surface area contributed by atoms with Gasteiger partial charge in [0.15, 0.2) is 0 Å². The zero-order chi connectivity index (χ0) is 22.6. The SMILES string of the molecule is CCC(C)(C)CCCOCCCCCCCCCCCCCCCCCC(F)(F)F. The molecule has 0 saturated carbocycles. The highest BCUT2D eigenvalue weighted by Crippen LogP contribution is 2.26. The molecule has 0 atom stereocenters. The Morgan fingerprint density at radius 3 is 1.27 bits per heavy atom. The Bertz CT molecular complexity index is 353. The third-order valence-electron chi connectivity index (χ3n) is 6.35. The molecule has 0 aliphatic carbocycles. The van der Waals surface area contributed by atoms with E-state index in [0.717, 1.165) is 32.5 Å². The van der Waals surface area contributed by atoms with Gasteiger partial charge in [-0.05, 0) is 31.1 Å². The van der Waals surface area contributed by atoms with E-state index >= 15 is 0 Å². The van der Waals surface area contributed by atoms with Crippen molar-refractivity contribution >= 4 is 0 Å². The van der Waals surface area contributed by atoms with Crippen LogP contribution in [0.5, 0.6) is 0 Å². The zero-order valence-electron chi connectivity index (χ0n) is 20.4. The highest BCUT2D eigenvalue weighted by molar-refractivity contribution is 4.65. The first-order valence-electron chi connectivity index (χ1n) is 12.9. The van der Waals surface area contributed by atoms with Crippen LogP contribution in [0.3, 0.4) is 0 Å². The van der Waals surface area contributed by atoms with E-state index in [9.17, 15) is 13.2 Å². The lowest BCUT2D eigenvalue weighted by molar-refractivity contribution is -0.135. The van der Waals surface area contributed by atoms with Gasteiger partial charge in [0.2, 0.25) is 0 Å². The van der Waals surface area contributed by atoms with Crippen molar-refractivity contribution in [3.05, 3.63) is 0 Å². The third kappa shape index (κ3) is 24.0. The van der Waals surface area contributed by atoms with E-state index in [1.54, 1.807) is 0 Å². The molecular weight excluding hydrogens is 385 g/mol. The molecular formula is C26H51F3O. The molecule has 0 aliphatic heterocycles. The smallest absolute Gasteiger partial charge is 0.381 e. The molecule has 0 fully saturated rings. The van der Waals surface area contributed by atoms with Crippen LogP contribution in [-0.2, 0) is 4.74 Å². The van der Waals surface area contributed by atoms with Gasteiger partial charge < -0.3 is 4.74 Å². The Hall–Kier alpha value is -0.250. The van der Waals surface area contributed by atoms with E-state index in [4.69, 9.17) is 4.74 Å². The van der Waals surface area contributed by atoms with Crippen LogP contribution in [0.4, 0.5) is 13.2 Å². The normalized spacial score (nSPS) is 12.6. The van der Waals surface area contributed by atoms with Gasteiger partial charge in [0.1, 0.15) is 0 Å². The van der Waals surface area contributed by atoms with E-state index in [1.807, 2.05) is 0 Å². The number of alkyl halides is 3. The summed E-state index contributed by atoms with van der Waals surface area (Å²) < 4.78 is 41.8. The predicted octanol–water partition coefficient (Wildman–Crippen LogP) is 10.0. The molecule has 0 amide bonds. The highest BCUT2D eigenvalue weighted by Gasteiger charge is 2.25. The fourth-order valence-corrected chi connectivity index (χ4v) is 3.76. The first-order chi connectivity index (χ1) is 14.3. The summed E-state index contributed by atoms with van der Waals surface area (Å²) in [6.45, 7) is 8.78. The maximum Gasteiger partial charge on any atom is 0.389 e. The van der Waals surface area contributed by atoms with Gasteiger partial charge >= 0.3 is 6.18 Å². The molecule has 4 heteroatoms. The van der Waals surface area contributed by atoms with Crippen molar-refractivity contribution in [2.24, 2.45) is 5.41 Å². The van der Waals surface area contributed by atoms with E-state index in [0.29, 0.717) is 11.8 Å². The number of halogens is 3. The second kappa shape index (κ2) is 19.4. The average Bonchev–Trinajstić information content (AvgIpc) is 2.68. The fourth-order valence-electron chi connectivity index (χ4n) is 3.76. The van der Waals surface area contributed by atoms with Gasteiger partial charge in [-0.15, -0.1) is 0 Å². The van der Waals surface area contributed by atoms with E-state index in [2.05, 4.69) is 20.8 Å². The highest BCUT2D eigenvalue weighted by atomic mass is 19.4. The van der Waals surface area contributed by atoms with Crippen LogP contribution in [-0.4, -0.2) is 19.4 Å². The summed E-state index contributed by atoms with van der Waals surface area (Å²) in [5.74, 6) is 0. The number of unbranched alkanes of at least 4 members (excludes halogenated alkanes) is 14. The summed E-state index contributed by atoms with van der Waals surface area (Å²) in [6, 6.07) is 0. The van der Waals surface area contributed by atoms with Gasteiger partial charge in [0, 0.05) is 19.6 Å². The van der Waals surface area contributed by atoms with Gasteiger partial charge in [0.25, 0.3) is 0 Å². The maximum absolute atomic E-state index is 12.0. The molecule has 0 aromatic carbocycles. The molecule has 0 heterocycles. The van der Waals surface area contributed by atoms with Crippen molar-refractivity contribution in [1.29, 1.82) is 0 Å². The molecule has 30 heavy (non-hydrogen) atoms. The Balaban J connectivity index is 3.10. The van der Waals surface area contributed by atoms with Crippen LogP contribution in [0.2, 0.25) is 0 Å². The van der Waals surface area contributed by atoms with Crippen molar-refractivity contribution in [3.63, 3.8) is 0 Å². The molecule has 182 valence electrons. The monoisotopic (exact) mass is 436 g/mol. The number of rotatable bonds is 22. The van der Waals surface area contributed by atoms with Crippen molar-refractivity contribution < 1.29 is 17.9 Å². The first-order valence-corrected chi connectivity index (χ1v) is 12.9. The molecule has 0 spiro atoms. The molecule has 0 aromatic rings. The van der Waals surface area contributed by atoms with Crippen molar-refractivity contribution in [2.75, 3.05) is 13.2 Å². The topological polar surface area (TPSA) is 9.23 Å². The third-order valence-corrected chi connectivity index (χ3v) is 6.35. The maximum atomic E-state index is 12.0. The molecule has 0 bridgehead atoms. The van der Waals surface area contributed by atoms with Crippen LogP contribution in [0.25, 0.3) is 0 Å². The van der Waals surface area contributed by atoms with E-state index < -0.39 is 12.6 Å². The summed E-state index contributed by atoms with van der Waals surface area (Å²) in [5, 5.41) is 0. The Morgan fingerprint density at radius 1 is 0.500 bits per heavy atom. The van der Waals surface area contributed by atoms with Gasteiger partial charge in [-0.3, -0.25) is 0 Å². The molecule has 0 aliphatic rings. The molecule has 0 unspecified atom stereocenters. The lowest BCUT2D eigenvalue weighted by atomic mass is 9.85. The summed E-state index contributed by atoms with van der Waals surface area (Å²) in [7, 11) is 0. The van der Waals surface area contributed by atoms with Crippen molar-refractivity contribution in [3.8, 4) is 0 Å². The van der Waals surface area contributed by atoms with Crippen LogP contribution < -0.4 is 0 Å². The minimum Gasteiger partial charge on any atom is -0.381 e. The number of ether oxygens (including phenoxy) is 1. The summed E-state index contributed by atoms with van der Waals surface area (Å²) >= 11 is 0. The van der Waals surface area contributed by atoms with Gasteiger partial charge in [-0.2, -0.15) is 13.2 Å². The molecule has 1 nitrogen and oxygen atoms in total. The lowest BCUT2D eigenvalue weighted by Crippen LogP contribution is -2.10. The Morgan fingerprint density at radius 2 is 0.867 bits per heavy atom. The fraction of sp³-hybridized carbons (Fsp3) is 1.00. The van der Waals surface area contributed by atoms with Gasteiger partial charge in [-0.1, -0.05) is 111 Å². The summed E-state index contributed by atoms with van der Waals surface area (Å²) in [5.41, 5.74) is 0.464. The summed E-state index contributed by atoms with van der Waals surface area (Å²) in [6.07, 6.45) is 16.4. The van der Waals surface area contributed by atoms with Crippen LogP contribution in [0.1, 0.15) is 143 Å². The van der Waals surface area contributed by atoms with Crippen LogP contribution in [0.15, 0.2) is 0 Å². The standard InChI is InChI=1S/C26H51F3O/c1-4-25(2,3)21-20-24-30-23-19-17-15-13-11-9-7-5-6-8-10-12-14-16-18-22-26(27,28)29/h4-24H2,1-3H3. The first kappa shape index (κ1) is 29.8. The molecule has 0 radical (unpaired) electrons. The lowest BCUT2D eigenvalue weighted by Gasteiger charge is -2.22. The zero-order valence-corrected chi connectivity index (χ0v) is 20.4. The second-order valence-electron chi connectivity index (χ2n) is 9.90. The van der Waals surface area contributed by atoms with Gasteiger partial charge in [-0.25, -0.2) is 0 Å². The summed E-state index contributed by atoms with van der Waals surface area (Å²) in [4.78, 5) is 0. The largest absolute Gasteiger partial charge is 0.389 e. The number of hydrogen-bond acceptors (Lipinski definition) is 1. The van der Waals surface area contributed by atoms with Crippen LogP contribution in [0, 0.1) is 5.41 Å². The predicted molar refractivity (Wildman–Crippen MR) is 124 cm³/mol. The number of hydrogen-bond donors (Lipinski definition) is 0. The molecule has 0 N–H and O–H groups in total.